The molecule has 0 bridgehead atoms. The minimum absolute atomic E-state index is 0.00403. The molecule has 2 N–H and O–H groups in total. The number of amides is 1. The van der Waals surface area contributed by atoms with Gasteiger partial charge in [-0.25, -0.2) is 4.98 Å². The lowest BCUT2D eigenvalue weighted by Crippen LogP contribution is -2.33. The van der Waals surface area contributed by atoms with Gasteiger partial charge in [-0.15, -0.1) is 11.3 Å². The summed E-state index contributed by atoms with van der Waals surface area (Å²) in [5.41, 5.74) is 5.42. The lowest BCUT2D eigenvalue weighted by Gasteiger charge is -2.19. The van der Waals surface area contributed by atoms with Crippen molar-refractivity contribution in [1.29, 1.82) is 0 Å². The van der Waals surface area contributed by atoms with Crippen LogP contribution in [0.4, 0.5) is 0 Å². The molecule has 1 aromatic heterocycles. The summed E-state index contributed by atoms with van der Waals surface area (Å²) in [6.45, 7) is 5.04. The summed E-state index contributed by atoms with van der Waals surface area (Å²) in [6, 6.07) is 0. The predicted octanol–water partition coefficient (Wildman–Crippen LogP) is 1.59. The van der Waals surface area contributed by atoms with Gasteiger partial charge in [-0.2, -0.15) is 0 Å². The van der Waals surface area contributed by atoms with E-state index in [1.807, 2.05) is 13.8 Å². The van der Waals surface area contributed by atoms with Gasteiger partial charge in [0.2, 0.25) is 0 Å². The molecule has 0 unspecified atom stereocenters. The van der Waals surface area contributed by atoms with Crippen LogP contribution in [-0.2, 0) is 0 Å². The molecule has 6 heteroatoms. The van der Waals surface area contributed by atoms with Gasteiger partial charge in [0.1, 0.15) is 4.88 Å². The molecule has 1 aromatic rings. The third-order valence-electron chi connectivity index (χ3n) is 2.13. The van der Waals surface area contributed by atoms with E-state index in [1.54, 1.807) is 11.1 Å². The van der Waals surface area contributed by atoms with E-state index in [4.69, 9.17) is 18.0 Å². The fourth-order valence-electron chi connectivity index (χ4n) is 1.26. The number of nitrogens with zero attached hydrogens (tertiary/aromatic N) is 2. The highest BCUT2D eigenvalue weighted by atomic mass is 32.1. The molecule has 0 saturated heterocycles. The number of thiocarbonyl (C=S) groups is 1. The molecule has 1 amide bonds. The van der Waals surface area contributed by atoms with E-state index in [9.17, 15) is 4.79 Å². The number of carbonyl (C=O) groups excluding carboxylic acids is 1. The van der Waals surface area contributed by atoms with Crippen LogP contribution in [0.25, 0.3) is 0 Å². The maximum absolute atomic E-state index is 12.0. The smallest absolute Gasteiger partial charge is 0.265 e. The number of aryl methyl sites for hydroxylation is 1. The van der Waals surface area contributed by atoms with Gasteiger partial charge in [-0.05, 0) is 13.8 Å². The van der Waals surface area contributed by atoms with E-state index in [2.05, 4.69) is 4.98 Å². The van der Waals surface area contributed by atoms with E-state index >= 15 is 0 Å². The van der Waals surface area contributed by atoms with Gasteiger partial charge >= 0.3 is 0 Å². The van der Waals surface area contributed by atoms with Crippen LogP contribution in [-0.4, -0.2) is 33.9 Å². The summed E-state index contributed by atoms with van der Waals surface area (Å²) in [6.07, 6.45) is 2.18. The Morgan fingerprint density at radius 3 is 2.81 bits per heavy atom. The number of thiazole rings is 1. The first kappa shape index (κ1) is 13.1. The molecule has 16 heavy (non-hydrogen) atoms. The van der Waals surface area contributed by atoms with Crippen molar-refractivity contribution in [3.05, 3.63) is 16.1 Å². The number of hydrogen-bond donors (Lipinski definition) is 1. The second kappa shape index (κ2) is 5.91. The third-order valence-corrected chi connectivity index (χ3v) is 3.23. The van der Waals surface area contributed by atoms with Crippen LogP contribution in [0, 0.1) is 6.92 Å². The van der Waals surface area contributed by atoms with Gasteiger partial charge in [0.15, 0.2) is 0 Å². The second-order valence-electron chi connectivity index (χ2n) is 3.34. The monoisotopic (exact) mass is 257 g/mol. The van der Waals surface area contributed by atoms with Crippen molar-refractivity contribution >= 4 is 34.5 Å². The molecular formula is C10H15N3OS2. The highest BCUT2D eigenvalue weighted by molar-refractivity contribution is 7.80. The number of aromatic nitrogens is 1. The standard InChI is InChI=1S/C10H15N3OS2/c1-3-13(5-4-9(11)15)10(14)8-6-12-7(2)16-8/h6H,3-5H2,1-2H3,(H2,11,15). The molecule has 0 saturated carbocycles. The predicted molar refractivity (Wildman–Crippen MR) is 69.8 cm³/mol. The summed E-state index contributed by atoms with van der Waals surface area (Å²) in [4.78, 5) is 18.9. The SMILES string of the molecule is CCN(CCC(N)=S)C(=O)c1cnc(C)s1. The van der Waals surface area contributed by atoms with E-state index in [0.29, 0.717) is 29.4 Å². The van der Waals surface area contributed by atoms with Crippen LogP contribution < -0.4 is 5.73 Å². The minimum atomic E-state index is 0.00403. The average Bonchev–Trinajstić information content (AvgIpc) is 2.65. The van der Waals surface area contributed by atoms with Crippen molar-refractivity contribution < 1.29 is 4.79 Å². The average molecular weight is 257 g/mol. The Morgan fingerprint density at radius 1 is 1.69 bits per heavy atom. The third kappa shape index (κ3) is 3.53. The van der Waals surface area contributed by atoms with Gasteiger partial charge < -0.3 is 10.6 Å². The summed E-state index contributed by atoms with van der Waals surface area (Å²) < 4.78 is 0. The number of nitrogens with two attached hydrogens (primary N) is 1. The molecular weight excluding hydrogens is 242 g/mol. The van der Waals surface area contributed by atoms with Crippen LogP contribution in [0.5, 0.6) is 0 Å². The number of carbonyl (C=O) groups is 1. The Morgan fingerprint density at radius 2 is 2.38 bits per heavy atom. The van der Waals surface area contributed by atoms with Crippen LogP contribution in [0.2, 0.25) is 0 Å². The maximum atomic E-state index is 12.0. The van der Waals surface area contributed by atoms with Crippen molar-refractivity contribution in [3.63, 3.8) is 0 Å². The molecule has 88 valence electrons. The van der Waals surface area contributed by atoms with Crippen LogP contribution >= 0.6 is 23.6 Å². The summed E-state index contributed by atoms with van der Waals surface area (Å²) in [5.74, 6) is 0.00403. The zero-order valence-electron chi connectivity index (χ0n) is 9.40. The Bertz CT molecular complexity index is 389. The Balaban J connectivity index is 2.66. The Labute approximate surface area is 104 Å². The zero-order chi connectivity index (χ0) is 12.1. The molecule has 0 atom stereocenters. The van der Waals surface area contributed by atoms with Crippen molar-refractivity contribution in [3.8, 4) is 0 Å². The molecule has 0 aliphatic carbocycles. The lowest BCUT2D eigenvalue weighted by molar-refractivity contribution is 0.0773. The first-order valence-corrected chi connectivity index (χ1v) is 6.27. The van der Waals surface area contributed by atoms with Crippen LogP contribution in [0.15, 0.2) is 6.20 Å². The first-order chi connectivity index (χ1) is 7.54. The Kier molecular flexibility index (Phi) is 4.82. The minimum Gasteiger partial charge on any atom is -0.393 e. The number of hydrogen-bond acceptors (Lipinski definition) is 4. The topological polar surface area (TPSA) is 59.2 Å². The van der Waals surface area contributed by atoms with Gasteiger partial charge in [0, 0.05) is 19.5 Å². The van der Waals surface area contributed by atoms with Crippen molar-refractivity contribution in [2.45, 2.75) is 20.3 Å². The fourth-order valence-corrected chi connectivity index (χ4v) is 2.10. The largest absolute Gasteiger partial charge is 0.393 e. The van der Waals surface area contributed by atoms with Crippen molar-refractivity contribution in [2.24, 2.45) is 5.73 Å². The molecule has 1 rings (SSSR count). The van der Waals surface area contributed by atoms with E-state index in [-0.39, 0.29) is 5.91 Å². The molecule has 0 aliphatic rings. The van der Waals surface area contributed by atoms with Gasteiger partial charge in [0.05, 0.1) is 16.2 Å². The van der Waals surface area contributed by atoms with Gasteiger partial charge in [-0.1, -0.05) is 12.2 Å². The molecule has 1 heterocycles. The fraction of sp³-hybridized carbons (Fsp3) is 0.500. The quantitative estimate of drug-likeness (QED) is 0.814. The summed E-state index contributed by atoms with van der Waals surface area (Å²) in [5, 5.41) is 0.897. The van der Waals surface area contributed by atoms with Crippen molar-refractivity contribution in [2.75, 3.05) is 13.1 Å². The van der Waals surface area contributed by atoms with Crippen LogP contribution in [0.3, 0.4) is 0 Å². The first-order valence-electron chi connectivity index (χ1n) is 5.04. The molecule has 0 radical (unpaired) electrons. The van der Waals surface area contributed by atoms with Gasteiger partial charge in [-0.3, -0.25) is 4.79 Å². The normalized spacial score (nSPS) is 10.1. The van der Waals surface area contributed by atoms with E-state index in [0.717, 1.165) is 5.01 Å². The van der Waals surface area contributed by atoms with E-state index in [1.165, 1.54) is 11.3 Å². The van der Waals surface area contributed by atoms with E-state index < -0.39 is 0 Å². The van der Waals surface area contributed by atoms with Crippen LogP contribution in [0.1, 0.15) is 28.0 Å². The highest BCUT2D eigenvalue weighted by Crippen LogP contribution is 2.14. The molecule has 4 nitrogen and oxygen atoms in total. The van der Waals surface area contributed by atoms with Gasteiger partial charge in [0.25, 0.3) is 5.91 Å². The highest BCUT2D eigenvalue weighted by Gasteiger charge is 2.16. The zero-order valence-corrected chi connectivity index (χ0v) is 11.0. The number of rotatable bonds is 5. The lowest BCUT2D eigenvalue weighted by atomic mass is 10.3. The Hall–Kier alpha value is -1.01. The maximum Gasteiger partial charge on any atom is 0.265 e. The second-order valence-corrected chi connectivity index (χ2v) is 5.10. The van der Waals surface area contributed by atoms with Crippen molar-refractivity contribution in [1.82, 2.24) is 9.88 Å². The summed E-state index contributed by atoms with van der Waals surface area (Å²) in [7, 11) is 0. The summed E-state index contributed by atoms with van der Waals surface area (Å²) >= 11 is 6.21. The molecule has 0 aromatic carbocycles. The molecule has 0 fully saturated rings. The molecule has 0 spiro atoms. The molecule has 0 aliphatic heterocycles.